The zero-order chi connectivity index (χ0) is 8.27. The number of aromatic nitrogens is 1. The van der Waals surface area contributed by atoms with Crippen molar-refractivity contribution in [1.82, 2.24) is 4.98 Å². The smallest absolute Gasteiger partial charge is 0.381 e. The van der Waals surface area contributed by atoms with Gasteiger partial charge in [0.15, 0.2) is 6.29 Å². The van der Waals surface area contributed by atoms with Crippen molar-refractivity contribution in [3.05, 3.63) is 11.1 Å². The molecule has 1 aromatic rings. The third-order valence-electron chi connectivity index (χ3n) is 0.806. The third-order valence-corrected chi connectivity index (χ3v) is 1.61. The number of nitrogens with zero attached hydrogens (tertiary/aromatic N) is 1. The lowest BCUT2D eigenvalue weighted by Crippen LogP contribution is -2.15. The molecular formula is C5H4N2O3S. The van der Waals surface area contributed by atoms with Gasteiger partial charge in [0.1, 0.15) is 0 Å². The molecule has 0 spiro atoms. The number of ether oxygens (including phenoxy) is 1. The first-order chi connectivity index (χ1) is 5.22. The molecule has 0 radical (unpaired) electrons. The van der Waals surface area contributed by atoms with Crippen LogP contribution in [0, 0.1) is 0 Å². The molecule has 0 aliphatic carbocycles. The van der Waals surface area contributed by atoms with Gasteiger partial charge < -0.3 is 10.5 Å². The van der Waals surface area contributed by atoms with Gasteiger partial charge in [-0.25, -0.2) is 9.78 Å². The van der Waals surface area contributed by atoms with E-state index in [9.17, 15) is 9.59 Å². The lowest BCUT2D eigenvalue weighted by atomic mass is 10.6. The van der Waals surface area contributed by atoms with Gasteiger partial charge in [-0.3, -0.25) is 4.79 Å². The van der Waals surface area contributed by atoms with E-state index in [2.05, 4.69) is 9.72 Å². The van der Waals surface area contributed by atoms with E-state index in [1.165, 1.54) is 6.20 Å². The fourth-order valence-electron chi connectivity index (χ4n) is 0.458. The maximum absolute atomic E-state index is 10.1. The summed E-state index contributed by atoms with van der Waals surface area (Å²) in [5, 5.41) is 0.0830. The minimum absolute atomic E-state index is 0.0830. The number of primary amides is 1. The number of thiazole rings is 1. The maximum atomic E-state index is 10.1. The summed E-state index contributed by atoms with van der Waals surface area (Å²) in [5.41, 5.74) is 4.69. The van der Waals surface area contributed by atoms with Crippen molar-refractivity contribution in [1.29, 1.82) is 0 Å². The van der Waals surface area contributed by atoms with Crippen LogP contribution in [0.4, 0.5) is 4.79 Å². The zero-order valence-electron chi connectivity index (χ0n) is 5.31. The highest BCUT2D eigenvalue weighted by Gasteiger charge is 2.03. The van der Waals surface area contributed by atoms with Crippen molar-refractivity contribution in [2.45, 2.75) is 0 Å². The second kappa shape index (κ2) is 3.11. The largest absolute Gasteiger partial charge is 0.411 e. The van der Waals surface area contributed by atoms with Gasteiger partial charge in [-0.1, -0.05) is 11.3 Å². The second-order valence-electron chi connectivity index (χ2n) is 1.57. The van der Waals surface area contributed by atoms with Crippen LogP contribution in [0.2, 0.25) is 0 Å². The lowest BCUT2D eigenvalue weighted by molar-refractivity contribution is 0.112. The first kappa shape index (κ1) is 7.67. The van der Waals surface area contributed by atoms with Gasteiger partial charge in [0, 0.05) is 0 Å². The van der Waals surface area contributed by atoms with E-state index in [1.807, 2.05) is 0 Å². The first-order valence-corrected chi connectivity index (χ1v) is 3.42. The molecule has 0 saturated heterocycles. The minimum Gasteiger partial charge on any atom is -0.381 e. The molecule has 0 bridgehead atoms. The normalized spacial score (nSPS) is 9.09. The van der Waals surface area contributed by atoms with Gasteiger partial charge in [0.25, 0.3) is 5.19 Å². The molecular weight excluding hydrogens is 168 g/mol. The Bertz CT molecular complexity index is 283. The summed E-state index contributed by atoms with van der Waals surface area (Å²) in [5.74, 6) is 0. The summed E-state index contributed by atoms with van der Waals surface area (Å²) in [6.45, 7) is 0. The van der Waals surface area contributed by atoms with Crippen molar-refractivity contribution < 1.29 is 14.3 Å². The SMILES string of the molecule is NC(=O)Oc1ncc(C=O)s1. The number of hydrogen-bond donors (Lipinski definition) is 1. The molecule has 5 nitrogen and oxygen atoms in total. The highest BCUT2D eigenvalue weighted by molar-refractivity contribution is 7.15. The van der Waals surface area contributed by atoms with Crippen LogP contribution in [0.15, 0.2) is 6.20 Å². The van der Waals surface area contributed by atoms with E-state index in [4.69, 9.17) is 5.73 Å². The number of hydrogen-bond acceptors (Lipinski definition) is 5. The van der Waals surface area contributed by atoms with E-state index >= 15 is 0 Å². The topological polar surface area (TPSA) is 82.3 Å². The van der Waals surface area contributed by atoms with Crippen LogP contribution in [0.1, 0.15) is 9.67 Å². The van der Waals surface area contributed by atoms with E-state index in [0.717, 1.165) is 11.3 Å². The molecule has 0 aliphatic heterocycles. The number of aldehydes is 1. The van der Waals surface area contributed by atoms with Crippen LogP contribution in [-0.4, -0.2) is 17.4 Å². The van der Waals surface area contributed by atoms with Crippen LogP contribution in [0.25, 0.3) is 0 Å². The molecule has 6 heteroatoms. The Kier molecular flexibility index (Phi) is 2.17. The molecule has 1 amide bonds. The van der Waals surface area contributed by atoms with Crippen LogP contribution in [-0.2, 0) is 0 Å². The lowest BCUT2D eigenvalue weighted by Gasteiger charge is -1.89. The molecule has 0 unspecified atom stereocenters. The van der Waals surface area contributed by atoms with E-state index < -0.39 is 6.09 Å². The van der Waals surface area contributed by atoms with Crippen LogP contribution < -0.4 is 10.5 Å². The number of nitrogens with two attached hydrogens (primary N) is 1. The molecule has 1 aromatic heterocycles. The molecule has 2 N–H and O–H groups in total. The average molecular weight is 172 g/mol. The molecule has 0 saturated carbocycles. The fraction of sp³-hybridized carbons (Fsp3) is 0. The summed E-state index contributed by atoms with van der Waals surface area (Å²) >= 11 is 0.959. The molecule has 0 aliphatic rings. The monoisotopic (exact) mass is 172 g/mol. The van der Waals surface area contributed by atoms with Crippen molar-refractivity contribution in [2.24, 2.45) is 5.73 Å². The maximum Gasteiger partial charge on any atom is 0.411 e. The van der Waals surface area contributed by atoms with Crippen LogP contribution in [0.5, 0.6) is 5.19 Å². The van der Waals surface area contributed by atoms with E-state index in [-0.39, 0.29) is 5.19 Å². The minimum atomic E-state index is -0.934. The van der Waals surface area contributed by atoms with Crippen LogP contribution in [0.3, 0.4) is 0 Å². The van der Waals surface area contributed by atoms with Crippen molar-refractivity contribution in [3.63, 3.8) is 0 Å². The average Bonchev–Trinajstić information content (AvgIpc) is 2.34. The Morgan fingerprint density at radius 1 is 1.82 bits per heavy atom. The van der Waals surface area contributed by atoms with Gasteiger partial charge in [-0.15, -0.1) is 0 Å². The Morgan fingerprint density at radius 2 is 2.55 bits per heavy atom. The van der Waals surface area contributed by atoms with Crippen molar-refractivity contribution >= 4 is 23.7 Å². The predicted molar refractivity (Wildman–Crippen MR) is 37.7 cm³/mol. The second-order valence-corrected chi connectivity index (χ2v) is 2.59. The van der Waals surface area contributed by atoms with Gasteiger partial charge in [0.05, 0.1) is 11.1 Å². The third kappa shape index (κ3) is 2.01. The highest BCUT2D eigenvalue weighted by atomic mass is 32.1. The van der Waals surface area contributed by atoms with Gasteiger partial charge >= 0.3 is 6.09 Å². The van der Waals surface area contributed by atoms with E-state index in [0.29, 0.717) is 11.2 Å². The van der Waals surface area contributed by atoms with Crippen molar-refractivity contribution in [2.75, 3.05) is 0 Å². The summed E-state index contributed by atoms with van der Waals surface area (Å²) in [6, 6.07) is 0. The molecule has 0 aromatic carbocycles. The molecule has 11 heavy (non-hydrogen) atoms. The van der Waals surface area contributed by atoms with Gasteiger partial charge in [-0.05, 0) is 0 Å². The fourth-order valence-corrected chi connectivity index (χ4v) is 1.04. The molecule has 0 fully saturated rings. The molecule has 0 atom stereocenters. The van der Waals surface area contributed by atoms with E-state index in [1.54, 1.807) is 0 Å². The summed E-state index contributed by atoms with van der Waals surface area (Å²) in [7, 11) is 0. The number of amides is 1. The Hall–Kier alpha value is -1.43. The van der Waals surface area contributed by atoms with Gasteiger partial charge in [0.2, 0.25) is 0 Å². The quantitative estimate of drug-likeness (QED) is 0.655. The zero-order valence-corrected chi connectivity index (χ0v) is 6.13. The van der Waals surface area contributed by atoms with Crippen molar-refractivity contribution in [3.8, 4) is 5.19 Å². The summed E-state index contributed by atoms with van der Waals surface area (Å²) in [6.07, 6.45) is 0.985. The highest BCUT2D eigenvalue weighted by Crippen LogP contribution is 2.18. The standard InChI is InChI=1S/C5H4N2O3S/c6-4(9)10-5-7-1-3(2-8)11-5/h1-2H,(H2,6,9). The Morgan fingerprint density at radius 3 is 3.00 bits per heavy atom. The molecule has 1 rings (SSSR count). The first-order valence-electron chi connectivity index (χ1n) is 2.60. The van der Waals surface area contributed by atoms with Gasteiger partial charge in [-0.2, -0.15) is 0 Å². The molecule has 1 heterocycles. The number of rotatable bonds is 2. The van der Waals surface area contributed by atoms with Crippen LogP contribution >= 0.6 is 11.3 Å². The molecule has 58 valence electrons. The Balaban J connectivity index is 2.72. The summed E-state index contributed by atoms with van der Waals surface area (Å²) in [4.78, 5) is 24.2. The summed E-state index contributed by atoms with van der Waals surface area (Å²) < 4.78 is 4.38. The number of carbonyl (C=O) groups is 2. The number of carbonyl (C=O) groups excluding carboxylic acids is 2. The Labute approximate surface area is 65.8 Å². The predicted octanol–water partition coefficient (Wildman–Crippen LogP) is 0.413.